The van der Waals surface area contributed by atoms with Gasteiger partial charge >= 0.3 is 0 Å². The quantitative estimate of drug-likeness (QED) is 0.630. The third-order valence-corrected chi connectivity index (χ3v) is 4.08. The first-order valence-electron chi connectivity index (χ1n) is 7.74. The van der Waals surface area contributed by atoms with E-state index in [1.54, 1.807) is 0 Å². The third-order valence-electron chi connectivity index (χ3n) is 3.85. The number of hydrogen-bond donors (Lipinski definition) is 0. The molecule has 0 spiro atoms. The van der Waals surface area contributed by atoms with Crippen molar-refractivity contribution in [2.75, 3.05) is 46.1 Å². The van der Waals surface area contributed by atoms with Crippen LogP contribution in [0.5, 0.6) is 5.75 Å². The molecule has 0 amide bonds. The van der Waals surface area contributed by atoms with Crippen LogP contribution in [0.15, 0.2) is 23.4 Å². The van der Waals surface area contributed by atoms with E-state index in [1.807, 2.05) is 18.2 Å². The number of oxime groups is 1. The lowest BCUT2D eigenvalue weighted by atomic mass is 10.1. The molecule has 0 N–H and O–H groups in total. The third kappa shape index (κ3) is 4.12. The van der Waals surface area contributed by atoms with E-state index in [1.165, 1.54) is 0 Å². The monoisotopic (exact) mass is 324 g/mol. The Morgan fingerprint density at radius 1 is 1.23 bits per heavy atom. The van der Waals surface area contributed by atoms with E-state index in [2.05, 4.69) is 10.1 Å². The molecule has 0 aromatic heterocycles. The van der Waals surface area contributed by atoms with E-state index in [-0.39, 0.29) is 0 Å². The molecule has 0 radical (unpaired) electrons. The van der Waals surface area contributed by atoms with E-state index in [4.69, 9.17) is 25.9 Å². The Labute approximate surface area is 135 Å². The van der Waals surface area contributed by atoms with Crippen molar-refractivity contribution in [1.29, 1.82) is 0 Å². The van der Waals surface area contributed by atoms with Crippen molar-refractivity contribution in [1.82, 2.24) is 4.90 Å². The zero-order valence-electron chi connectivity index (χ0n) is 12.6. The lowest BCUT2D eigenvalue weighted by Gasteiger charge is -2.25. The summed E-state index contributed by atoms with van der Waals surface area (Å²) >= 11 is 6.09. The first-order valence-corrected chi connectivity index (χ1v) is 8.12. The minimum Gasteiger partial charge on any atom is -0.493 e. The molecule has 0 aliphatic carbocycles. The predicted octanol–water partition coefficient (Wildman–Crippen LogP) is 2.57. The number of fused-ring (bicyclic) bond motifs is 1. The van der Waals surface area contributed by atoms with Crippen molar-refractivity contribution in [3.63, 3.8) is 0 Å². The van der Waals surface area contributed by atoms with Crippen LogP contribution in [-0.2, 0) is 9.57 Å². The SMILES string of the molecule is Clc1ccc2c(c1)/C(=N/OCCN1CCOCC1)CCCO2. The number of rotatable bonds is 4. The molecule has 1 aromatic carbocycles. The number of morpholine rings is 1. The van der Waals surface area contributed by atoms with Gasteiger partial charge in [-0.25, -0.2) is 0 Å². The van der Waals surface area contributed by atoms with Gasteiger partial charge in [0.15, 0.2) is 0 Å². The number of benzene rings is 1. The molecule has 0 bridgehead atoms. The highest BCUT2D eigenvalue weighted by molar-refractivity contribution is 6.31. The van der Waals surface area contributed by atoms with E-state index < -0.39 is 0 Å². The second kappa shape index (κ2) is 7.81. The maximum Gasteiger partial charge on any atom is 0.129 e. The molecule has 1 aromatic rings. The van der Waals surface area contributed by atoms with Crippen molar-refractivity contribution < 1.29 is 14.3 Å². The maximum atomic E-state index is 6.09. The normalized spacial score (nSPS) is 21.0. The molecule has 0 saturated carbocycles. The molecule has 0 unspecified atom stereocenters. The second-order valence-electron chi connectivity index (χ2n) is 5.42. The summed E-state index contributed by atoms with van der Waals surface area (Å²) in [7, 11) is 0. The molecule has 1 saturated heterocycles. The summed E-state index contributed by atoms with van der Waals surface area (Å²) in [5.74, 6) is 0.831. The Morgan fingerprint density at radius 3 is 2.95 bits per heavy atom. The fourth-order valence-electron chi connectivity index (χ4n) is 2.62. The highest BCUT2D eigenvalue weighted by Crippen LogP contribution is 2.27. The Morgan fingerprint density at radius 2 is 2.09 bits per heavy atom. The predicted molar refractivity (Wildman–Crippen MR) is 85.9 cm³/mol. The van der Waals surface area contributed by atoms with Crippen molar-refractivity contribution in [2.45, 2.75) is 12.8 Å². The Bertz CT molecular complexity index is 530. The van der Waals surface area contributed by atoms with Crippen LogP contribution in [0.2, 0.25) is 5.02 Å². The molecule has 120 valence electrons. The van der Waals surface area contributed by atoms with Crippen LogP contribution in [0, 0.1) is 0 Å². The van der Waals surface area contributed by atoms with Gasteiger partial charge in [0, 0.05) is 30.2 Å². The zero-order valence-corrected chi connectivity index (χ0v) is 13.3. The van der Waals surface area contributed by atoms with Crippen LogP contribution >= 0.6 is 11.6 Å². The molecular weight excluding hydrogens is 304 g/mol. The average molecular weight is 325 g/mol. The number of hydrogen-bond acceptors (Lipinski definition) is 5. The minimum atomic E-state index is 0.584. The summed E-state index contributed by atoms with van der Waals surface area (Å²) in [6.45, 7) is 5.69. The molecule has 3 rings (SSSR count). The molecule has 2 aliphatic rings. The van der Waals surface area contributed by atoms with Gasteiger partial charge in [0.25, 0.3) is 0 Å². The molecule has 2 aliphatic heterocycles. The van der Waals surface area contributed by atoms with E-state index in [9.17, 15) is 0 Å². The maximum absolute atomic E-state index is 6.09. The first-order chi connectivity index (χ1) is 10.8. The summed E-state index contributed by atoms with van der Waals surface area (Å²) in [5, 5.41) is 5.02. The Hall–Kier alpha value is -1.30. The fourth-order valence-corrected chi connectivity index (χ4v) is 2.80. The van der Waals surface area contributed by atoms with Crippen molar-refractivity contribution >= 4 is 17.3 Å². The van der Waals surface area contributed by atoms with Gasteiger partial charge in [0.1, 0.15) is 12.4 Å². The van der Waals surface area contributed by atoms with Crippen LogP contribution in [-0.4, -0.2) is 56.7 Å². The van der Waals surface area contributed by atoms with Crippen molar-refractivity contribution in [2.24, 2.45) is 5.16 Å². The van der Waals surface area contributed by atoms with Gasteiger partial charge in [0.05, 0.1) is 25.5 Å². The van der Waals surface area contributed by atoms with Crippen LogP contribution < -0.4 is 4.74 Å². The van der Waals surface area contributed by atoms with Crippen LogP contribution in [0.3, 0.4) is 0 Å². The summed E-state index contributed by atoms with van der Waals surface area (Å²) in [6.07, 6.45) is 1.77. The molecule has 0 atom stereocenters. The first kappa shape index (κ1) is 15.6. The molecule has 6 heteroatoms. The van der Waals surface area contributed by atoms with Gasteiger partial charge in [-0.15, -0.1) is 0 Å². The summed E-state index contributed by atoms with van der Waals surface area (Å²) < 4.78 is 11.0. The van der Waals surface area contributed by atoms with Crippen molar-refractivity contribution in [3.8, 4) is 5.75 Å². The topological polar surface area (TPSA) is 43.3 Å². The smallest absolute Gasteiger partial charge is 0.129 e. The van der Waals surface area contributed by atoms with Gasteiger partial charge in [0.2, 0.25) is 0 Å². The summed E-state index contributed by atoms with van der Waals surface area (Å²) in [5.41, 5.74) is 1.85. The largest absolute Gasteiger partial charge is 0.493 e. The highest BCUT2D eigenvalue weighted by Gasteiger charge is 2.16. The van der Waals surface area contributed by atoms with Gasteiger partial charge in [-0.2, -0.15) is 0 Å². The van der Waals surface area contributed by atoms with E-state index >= 15 is 0 Å². The summed E-state index contributed by atoms with van der Waals surface area (Å²) in [4.78, 5) is 7.86. The van der Waals surface area contributed by atoms with Crippen molar-refractivity contribution in [3.05, 3.63) is 28.8 Å². The van der Waals surface area contributed by atoms with Crippen LogP contribution in [0.25, 0.3) is 0 Å². The number of ether oxygens (including phenoxy) is 2. The Kier molecular flexibility index (Phi) is 5.53. The number of halogens is 1. The highest BCUT2D eigenvalue weighted by atomic mass is 35.5. The van der Waals surface area contributed by atoms with Gasteiger partial charge in [-0.05, 0) is 31.0 Å². The molecule has 5 nitrogen and oxygen atoms in total. The Balaban J connectivity index is 1.59. The number of nitrogens with zero attached hydrogens (tertiary/aromatic N) is 2. The lowest BCUT2D eigenvalue weighted by molar-refractivity contribution is 0.0211. The average Bonchev–Trinajstić information content (AvgIpc) is 2.75. The zero-order chi connectivity index (χ0) is 15.2. The molecular formula is C16H21ClN2O3. The van der Waals surface area contributed by atoms with Gasteiger partial charge in [-0.3, -0.25) is 4.90 Å². The molecule has 1 fully saturated rings. The fraction of sp³-hybridized carbons (Fsp3) is 0.562. The minimum absolute atomic E-state index is 0.584. The standard InChI is InChI=1S/C16H21ClN2O3/c17-13-3-4-16-14(12-13)15(2-1-8-21-16)18-22-11-7-19-5-9-20-10-6-19/h3-4,12H,1-2,5-11H2/b18-15+. The van der Waals surface area contributed by atoms with E-state index in [0.717, 1.165) is 62.7 Å². The molecule has 22 heavy (non-hydrogen) atoms. The molecule has 2 heterocycles. The second-order valence-corrected chi connectivity index (χ2v) is 5.85. The van der Waals surface area contributed by atoms with Gasteiger partial charge < -0.3 is 14.3 Å². The summed E-state index contributed by atoms with van der Waals surface area (Å²) in [6, 6.07) is 5.63. The van der Waals surface area contributed by atoms with Crippen LogP contribution in [0.1, 0.15) is 18.4 Å². The van der Waals surface area contributed by atoms with E-state index in [0.29, 0.717) is 18.2 Å². The lowest BCUT2D eigenvalue weighted by Crippen LogP contribution is -2.38. The van der Waals surface area contributed by atoms with Gasteiger partial charge in [-0.1, -0.05) is 16.8 Å². The van der Waals surface area contributed by atoms with Crippen LogP contribution in [0.4, 0.5) is 0 Å².